The molecule has 134 valence electrons. The van der Waals surface area contributed by atoms with Crippen LogP contribution in [0.1, 0.15) is 11.3 Å². The second-order valence-electron chi connectivity index (χ2n) is 5.99. The number of benzene rings is 1. The van der Waals surface area contributed by atoms with Crippen LogP contribution in [0.2, 0.25) is 5.02 Å². The normalized spacial score (nSPS) is 11.0. The number of hydrogen-bond donors (Lipinski definition) is 0. The van der Waals surface area contributed by atoms with Crippen LogP contribution in [0, 0.1) is 0 Å². The second kappa shape index (κ2) is 7.17. The summed E-state index contributed by atoms with van der Waals surface area (Å²) in [5.74, 6) is -0.411. The second-order valence-corrected chi connectivity index (χ2v) is 6.43. The third kappa shape index (κ3) is 3.66. The molecule has 4 rings (SSSR count). The van der Waals surface area contributed by atoms with Gasteiger partial charge in [-0.1, -0.05) is 35.9 Å². The molecule has 0 aliphatic carbocycles. The molecule has 6 nitrogen and oxygen atoms in total. The molecule has 0 amide bonds. The Morgan fingerprint density at radius 2 is 2.00 bits per heavy atom. The van der Waals surface area contributed by atoms with Crippen LogP contribution in [0.25, 0.3) is 16.6 Å². The Labute approximate surface area is 159 Å². The molecule has 0 saturated carbocycles. The molecule has 0 aliphatic heterocycles. The van der Waals surface area contributed by atoms with E-state index in [1.807, 2.05) is 30.3 Å². The number of halogens is 1. The summed E-state index contributed by atoms with van der Waals surface area (Å²) in [5.41, 5.74) is 2.10. The highest BCUT2D eigenvalue weighted by Gasteiger charge is 2.11. The predicted molar refractivity (Wildman–Crippen MR) is 102 cm³/mol. The molecule has 0 bridgehead atoms. The summed E-state index contributed by atoms with van der Waals surface area (Å²) in [5, 5.41) is 1.40. The van der Waals surface area contributed by atoms with Gasteiger partial charge in [-0.2, -0.15) is 0 Å². The first-order valence-corrected chi connectivity index (χ1v) is 8.64. The maximum Gasteiger partial charge on any atom is 0.310 e. The van der Waals surface area contributed by atoms with Crippen LogP contribution < -0.4 is 5.56 Å². The maximum atomic E-state index is 12.2. The van der Waals surface area contributed by atoms with Crippen LogP contribution >= 0.6 is 11.6 Å². The number of carbonyl (C=O) groups is 1. The molecule has 0 spiro atoms. The van der Waals surface area contributed by atoms with E-state index in [0.717, 1.165) is 16.5 Å². The summed E-state index contributed by atoms with van der Waals surface area (Å²) in [4.78, 5) is 33.0. The van der Waals surface area contributed by atoms with E-state index in [1.165, 1.54) is 16.7 Å². The maximum absolute atomic E-state index is 12.2. The zero-order chi connectivity index (χ0) is 18.8. The summed E-state index contributed by atoms with van der Waals surface area (Å²) < 4.78 is 6.65. The zero-order valence-electron chi connectivity index (χ0n) is 14.1. The fourth-order valence-electron chi connectivity index (χ4n) is 2.87. The van der Waals surface area contributed by atoms with Crippen LogP contribution in [0.3, 0.4) is 0 Å². The molecule has 0 radical (unpaired) electrons. The van der Waals surface area contributed by atoms with Crippen molar-refractivity contribution in [2.75, 3.05) is 0 Å². The summed E-state index contributed by atoms with van der Waals surface area (Å²) in [7, 11) is 0. The third-order valence-corrected chi connectivity index (χ3v) is 4.33. The van der Waals surface area contributed by atoms with E-state index in [2.05, 4.69) is 9.97 Å². The number of rotatable bonds is 4. The standard InChI is InChI=1S/C20H14ClN3O3/c21-15-6-7-17-23-16(10-18(25)24(17)11-15)12-27-19(26)9-14-4-1-3-13-5-2-8-22-20(13)14/h1-8,10-11H,9,12H2. The lowest BCUT2D eigenvalue weighted by molar-refractivity contribution is -0.144. The van der Waals surface area contributed by atoms with Crippen LogP contribution in [0.15, 0.2) is 65.7 Å². The molecule has 1 aromatic carbocycles. The van der Waals surface area contributed by atoms with Gasteiger partial charge in [0.2, 0.25) is 0 Å². The topological polar surface area (TPSA) is 73.6 Å². The van der Waals surface area contributed by atoms with Gasteiger partial charge in [0.25, 0.3) is 5.56 Å². The minimum atomic E-state index is -0.411. The van der Waals surface area contributed by atoms with E-state index in [4.69, 9.17) is 16.3 Å². The molecule has 0 unspecified atom stereocenters. The number of nitrogens with zero attached hydrogens (tertiary/aromatic N) is 3. The highest BCUT2D eigenvalue weighted by molar-refractivity contribution is 6.30. The van der Waals surface area contributed by atoms with Crippen molar-refractivity contribution < 1.29 is 9.53 Å². The highest BCUT2D eigenvalue weighted by Crippen LogP contribution is 2.17. The first kappa shape index (κ1) is 17.2. The molecule has 4 aromatic rings. The van der Waals surface area contributed by atoms with Crippen LogP contribution in [0.5, 0.6) is 0 Å². The Morgan fingerprint density at radius 3 is 2.89 bits per heavy atom. The Balaban J connectivity index is 1.50. The van der Waals surface area contributed by atoms with E-state index >= 15 is 0 Å². The monoisotopic (exact) mass is 379 g/mol. The van der Waals surface area contributed by atoms with E-state index in [1.54, 1.807) is 18.3 Å². The SMILES string of the molecule is O=C(Cc1cccc2cccnc12)OCc1cc(=O)n2cc(Cl)ccc2n1. The molecule has 0 saturated heterocycles. The van der Waals surface area contributed by atoms with Gasteiger partial charge < -0.3 is 4.74 Å². The van der Waals surface area contributed by atoms with E-state index in [0.29, 0.717) is 16.4 Å². The lowest BCUT2D eigenvalue weighted by Gasteiger charge is -2.08. The minimum absolute atomic E-state index is 0.0780. The fourth-order valence-corrected chi connectivity index (χ4v) is 3.03. The lowest BCUT2D eigenvalue weighted by atomic mass is 10.1. The average Bonchev–Trinajstić information content (AvgIpc) is 2.67. The van der Waals surface area contributed by atoms with Gasteiger partial charge >= 0.3 is 5.97 Å². The van der Waals surface area contributed by atoms with Crippen LogP contribution in [0.4, 0.5) is 0 Å². The smallest absolute Gasteiger partial charge is 0.310 e. The third-order valence-electron chi connectivity index (χ3n) is 4.11. The largest absolute Gasteiger partial charge is 0.459 e. The molecule has 3 heterocycles. The summed E-state index contributed by atoms with van der Waals surface area (Å²) in [6, 6.07) is 14.1. The van der Waals surface area contributed by atoms with Crippen molar-refractivity contribution in [1.82, 2.24) is 14.4 Å². The molecule has 7 heteroatoms. The van der Waals surface area contributed by atoms with Crippen molar-refractivity contribution in [2.45, 2.75) is 13.0 Å². The lowest BCUT2D eigenvalue weighted by Crippen LogP contribution is -2.17. The zero-order valence-corrected chi connectivity index (χ0v) is 14.9. The van der Waals surface area contributed by atoms with Gasteiger partial charge in [0.05, 0.1) is 22.7 Å². The molecular formula is C20H14ClN3O3. The highest BCUT2D eigenvalue weighted by atomic mass is 35.5. The first-order valence-electron chi connectivity index (χ1n) is 8.26. The number of pyridine rings is 2. The Bertz CT molecular complexity index is 1210. The molecule has 27 heavy (non-hydrogen) atoms. The van der Waals surface area contributed by atoms with Gasteiger partial charge in [-0.15, -0.1) is 0 Å². The molecule has 0 aliphatic rings. The van der Waals surface area contributed by atoms with Gasteiger partial charge in [-0.3, -0.25) is 19.0 Å². The Kier molecular flexibility index (Phi) is 4.56. The van der Waals surface area contributed by atoms with Crippen LogP contribution in [-0.4, -0.2) is 20.3 Å². The Morgan fingerprint density at radius 1 is 1.15 bits per heavy atom. The van der Waals surface area contributed by atoms with Gasteiger partial charge in [0, 0.05) is 23.8 Å². The van der Waals surface area contributed by atoms with Gasteiger partial charge in [0.1, 0.15) is 12.3 Å². The van der Waals surface area contributed by atoms with Gasteiger partial charge in [-0.25, -0.2) is 4.98 Å². The number of fused-ring (bicyclic) bond motifs is 2. The summed E-state index contributed by atoms with van der Waals surface area (Å²) in [6.45, 7) is -0.0780. The number of esters is 1. The van der Waals surface area contributed by atoms with Gasteiger partial charge in [0.15, 0.2) is 0 Å². The summed E-state index contributed by atoms with van der Waals surface area (Å²) >= 11 is 5.89. The number of hydrogen-bond acceptors (Lipinski definition) is 5. The molecule has 0 fully saturated rings. The summed E-state index contributed by atoms with van der Waals surface area (Å²) in [6.07, 6.45) is 3.28. The van der Waals surface area contributed by atoms with Gasteiger partial charge in [-0.05, 0) is 23.8 Å². The number of ether oxygens (including phenoxy) is 1. The first-order chi connectivity index (χ1) is 13.1. The number of para-hydroxylation sites is 1. The molecular weight excluding hydrogens is 366 g/mol. The average molecular weight is 380 g/mol. The van der Waals surface area contributed by atoms with E-state index in [-0.39, 0.29) is 18.6 Å². The van der Waals surface area contributed by atoms with Crippen molar-refractivity contribution in [2.24, 2.45) is 0 Å². The van der Waals surface area contributed by atoms with Crippen LogP contribution in [-0.2, 0) is 22.6 Å². The number of carbonyl (C=O) groups excluding carboxylic acids is 1. The van der Waals surface area contributed by atoms with Crippen molar-refractivity contribution in [3.63, 3.8) is 0 Å². The molecule has 0 N–H and O–H groups in total. The minimum Gasteiger partial charge on any atom is -0.459 e. The Hall–Kier alpha value is -3.25. The predicted octanol–water partition coefficient (Wildman–Crippen LogP) is 3.18. The van der Waals surface area contributed by atoms with Crippen molar-refractivity contribution >= 4 is 34.1 Å². The quantitative estimate of drug-likeness (QED) is 0.509. The van der Waals surface area contributed by atoms with E-state index in [9.17, 15) is 9.59 Å². The fraction of sp³-hybridized carbons (Fsp3) is 0.100. The van der Waals surface area contributed by atoms with Crippen molar-refractivity contribution in [3.8, 4) is 0 Å². The molecule has 0 atom stereocenters. The molecule has 3 aromatic heterocycles. The van der Waals surface area contributed by atoms with Crippen molar-refractivity contribution in [3.05, 3.63) is 87.6 Å². The number of aromatic nitrogens is 3. The van der Waals surface area contributed by atoms with E-state index < -0.39 is 5.97 Å². The van der Waals surface area contributed by atoms with Crippen molar-refractivity contribution in [1.29, 1.82) is 0 Å².